The number of ether oxygens (including phenoxy) is 2. The molecular weight excluding hydrogens is 326 g/mol. The van der Waals surface area contributed by atoms with Crippen LogP contribution < -0.4 is 4.74 Å². The lowest BCUT2D eigenvalue weighted by atomic mass is 9.82. The van der Waals surface area contributed by atoms with E-state index in [2.05, 4.69) is 32.1 Å². The highest BCUT2D eigenvalue weighted by molar-refractivity contribution is 5.75. The Kier molecular flexibility index (Phi) is 5.05. The van der Waals surface area contributed by atoms with Gasteiger partial charge in [-0.1, -0.05) is 6.08 Å². The van der Waals surface area contributed by atoms with E-state index in [1.54, 1.807) is 7.11 Å². The predicted octanol–water partition coefficient (Wildman–Crippen LogP) is 5.26. The molecule has 2 aliphatic heterocycles. The Balaban J connectivity index is 1.90. The van der Waals surface area contributed by atoms with Crippen molar-refractivity contribution in [1.82, 2.24) is 4.90 Å². The maximum atomic E-state index is 12.7. The molecule has 4 nitrogen and oxygen atoms in total. The third-order valence-corrected chi connectivity index (χ3v) is 5.28. The fraction of sp³-hybridized carbons (Fsp3) is 0.591. The molecule has 0 saturated carbocycles. The molecule has 4 heteroatoms. The van der Waals surface area contributed by atoms with E-state index in [1.807, 2.05) is 25.7 Å². The number of fused-ring (bicyclic) bond motifs is 2. The summed E-state index contributed by atoms with van der Waals surface area (Å²) in [6.45, 7) is 9.96. The Morgan fingerprint density at radius 1 is 1.15 bits per heavy atom. The molecule has 3 rings (SSSR count). The van der Waals surface area contributed by atoms with Gasteiger partial charge in [0.05, 0.1) is 13.2 Å². The van der Waals surface area contributed by atoms with Gasteiger partial charge in [-0.2, -0.15) is 0 Å². The SMILES string of the molecule is COc1c(C)cc(C2=CC3CCCC(C2)N3C(=O)OC(C)(C)C)cc1C. The van der Waals surface area contributed by atoms with Crippen LogP contribution in [0.15, 0.2) is 18.2 Å². The average Bonchev–Trinajstić information content (AvgIpc) is 2.51. The van der Waals surface area contributed by atoms with E-state index in [0.29, 0.717) is 0 Å². The Labute approximate surface area is 157 Å². The number of hydrogen-bond acceptors (Lipinski definition) is 3. The van der Waals surface area contributed by atoms with Crippen LogP contribution in [0.3, 0.4) is 0 Å². The maximum absolute atomic E-state index is 12.7. The lowest BCUT2D eigenvalue weighted by Gasteiger charge is -2.45. The highest BCUT2D eigenvalue weighted by atomic mass is 16.6. The largest absolute Gasteiger partial charge is 0.496 e. The van der Waals surface area contributed by atoms with Crippen LogP contribution in [-0.2, 0) is 4.74 Å². The van der Waals surface area contributed by atoms with Crippen molar-refractivity contribution in [2.75, 3.05) is 7.11 Å². The molecule has 2 aliphatic rings. The van der Waals surface area contributed by atoms with Crippen molar-refractivity contribution in [3.05, 3.63) is 34.9 Å². The van der Waals surface area contributed by atoms with Gasteiger partial charge in [0.1, 0.15) is 11.4 Å². The minimum Gasteiger partial charge on any atom is -0.496 e. The zero-order valence-corrected chi connectivity index (χ0v) is 16.9. The summed E-state index contributed by atoms with van der Waals surface area (Å²) in [6.07, 6.45) is 6.21. The third kappa shape index (κ3) is 3.74. The van der Waals surface area contributed by atoms with Gasteiger partial charge in [0.15, 0.2) is 0 Å². The second-order valence-electron chi connectivity index (χ2n) is 8.58. The van der Waals surface area contributed by atoms with Crippen molar-refractivity contribution < 1.29 is 14.3 Å². The zero-order valence-electron chi connectivity index (χ0n) is 16.9. The summed E-state index contributed by atoms with van der Waals surface area (Å²) in [7, 11) is 1.72. The molecule has 0 aromatic heterocycles. The van der Waals surface area contributed by atoms with Crippen molar-refractivity contribution >= 4 is 11.7 Å². The molecular formula is C22H31NO3. The summed E-state index contributed by atoms with van der Waals surface area (Å²) in [5.41, 5.74) is 4.45. The van der Waals surface area contributed by atoms with E-state index >= 15 is 0 Å². The third-order valence-electron chi connectivity index (χ3n) is 5.28. The highest BCUT2D eigenvalue weighted by Gasteiger charge is 2.39. The molecule has 1 aromatic carbocycles. The van der Waals surface area contributed by atoms with Gasteiger partial charge in [-0.3, -0.25) is 4.90 Å². The van der Waals surface area contributed by atoms with E-state index in [9.17, 15) is 4.79 Å². The molecule has 2 atom stereocenters. The molecule has 2 unspecified atom stereocenters. The smallest absolute Gasteiger partial charge is 0.411 e. The summed E-state index contributed by atoms with van der Waals surface area (Å²) < 4.78 is 11.2. The van der Waals surface area contributed by atoms with Crippen LogP contribution >= 0.6 is 0 Å². The molecule has 0 N–H and O–H groups in total. The van der Waals surface area contributed by atoms with E-state index in [4.69, 9.17) is 9.47 Å². The number of nitrogens with zero attached hydrogens (tertiary/aromatic N) is 1. The molecule has 1 amide bonds. The van der Waals surface area contributed by atoms with Crippen LogP contribution in [0.1, 0.15) is 63.1 Å². The number of aryl methyl sites for hydroxylation is 2. The standard InChI is InChI=1S/C22H31NO3/c1-14-10-16(11-15(2)20(14)25-6)17-12-18-8-7-9-19(13-17)23(18)21(24)26-22(3,4)5/h10-12,18-19H,7-9,13H2,1-6H3. The van der Waals surface area contributed by atoms with Gasteiger partial charge < -0.3 is 9.47 Å². The number of carbonyl (C=O) groups is 1. The Bertz CT molecular complexity index is 706. The number of amides is 1. The summed E-state index contributed by atoms with van der Waals surface area (Å²) >= 11 is 0. The average molecular weight is 357 g/mol. The van der Waals surface area contributed by atoms with Crippen LogP contribution in [0.2, 0.25) is 0 Å². The van der Waals surface area contributed by atoms with E-state index in [1.165, 1.54) is 17.6 Å². The molecule has 26 heavy (non-hydrogen) atoms. The number of benzene rings is 1. The Hall–Kier alpha value is -1.97. The van der Waals surface area contributed by atoms with Gasteiger partial charge in [0, 0.05) is 6.04 Å². The summed E-state index contributed by atoms with van der Waals surface area (Å²) in [5, 5.41) is 0. The fourth-order valence-corrected chi connectivity index (χ4v) is 4.30. The Morgan fingerprint density at radius 3 is 2.35 bits per heavy atom. The van der Waals surface area contributed by atoms with Crippen molar-refractivity contribution in [1.29, 1.82) is 0 Å². The van der Waals surface area contributed by atoms with Crippen LogP contribution in [0.25, 0.3) is 5.57 Å². The first kappa shape index (κ1) is 18.8. The van der Waals surface area contributed by atoms with Crippen LogP contribution in [0.4, 0.5) is 4.79 Å². The van der Waals surface area contributed by atoms with Gasteiger partial charge in [0.25, 0.3) is 0 Å². The summed E-state index contributed by atoms with van der Waals surface area (Å²) in [6, 6.07) is 4.77. The van der Waals surface area contributed by atoms with Gasteiger partial charge in [0.2, 0.25) is 0 Å². The summed E-state index contributed by atoms with van der Waals surface area (Å²) in [4.78, 5) is 14.7. The van der Waals surface area contributed by atoms with Gasteiger partial charge >= 0.3 is 6.09 Å². The van der Waals surface area contributed by atoms with Crippen molar-refractivity contribution in [3.8, 4) is 5.75 Å². The number of piperidine rings is 1. The number of rotatable bonds is 2. The van der Waals surface area contributed by atoms with Crippen molar-refractivity contribution in [3.63, 3.8) is 0 Å². The van der Waals surface area contributed by atoms with Crippen LogP contribution in [0, 0.1) is 13.8 Å². The number of hydrogen-bond donors (Lipinski definition) is 0. The molecule has 142 valence electrons. The maximum Gasteiger partial charge on any atom is 0.411 e. The molecule has 2 heterocycles. The predicted molar refractivity (Wildman–Crippen MR) is 105 cm³/mol. The van der Waals surface area contributed by atoms with Crippen LogP contribution in [-0.4, -0.2) is 35.8 Å². The van der Waals surface area contributed by atoms with Crippen LogP contribution in [0.5, 0.6) is 5.75 Å². The lowest BCUT2D eigenvalue weighted by molar-refractivity contribution is 0.0000840. The van der Waals surface area contributed by atoms with E-state index < -0.39 is 5.60 Å². The molecule has 0 spiro atoms. The number of methoxy groups -OCH3 is 1. The van der Waals surface area contributed by atoms with Gasteiger partial charge in [-0.05, 0) is 94.7 Å². The molecule has 0 radical (unpaired) electrons. The quantitative estimate of drug-likeness (QED) is 0.725. The second kappa shape index (κ2) is 6.98. The molecule has 0 aliphatic carbocycles. The first-order chi connectivity index (χ1) is 12.2. The first-order valence-electron chi connectivity index (χ1n) is 9.57. The normalized spacial score (nSPS) is 22.7. The fourth-order valence-electron chi connectivity index (χ4n) is 4.30. The second-order valence-corrected chi connectivity index (χ2v) is 8.58. The van der Waals surface area contributed by atoms with E-state index in [-0.39, 0.29) is 18.2 Å². The van der Waals surface area contributed by atoms with E-state index in [0.717, 1.165) is 36.1 Å². The monoisotopic (exact) mass is 357 g/mol. The molecule has 1 fully saturated rings. The topological polar surface area (TPSA) is 38.8 Å². The Morgan fingerprint density at radius 2 is 1.81 bits per heavy atom. The molecule has 2 bridgehead atoms. The first-order valence-corrected chi connectivity index (χ1v) is 9.57. The zero-order chi connectivity index (χ0) is 19.1. The van der Waals surface area contributed by atoms with Crippen molar-refractivity contribution in [2.24, 2.45) is 0 Å². The minimum atomic E-state index is -0.459. The number of carbonyl (C=O) groups excluding carboxylic acids is 1. The minimum absolute atomic E-state index is 0.134. The molecule has 1 aromatic rings. The van der Waals surface area contributed by atoms with Gasteiger partial charge in [-0.15, -0.1) is 0 Å². The van der Waals surface area contributed by atoms with Crippen molar-refractivity contribution in [2.45, 2.75) is 78.0 Å². The van der Waals surface area contributed by atoms with Gasteiger partial charge in [-0.25, -0.2) is 4.79 Å². The molecule has 1 saturated heterocycles. The highest BCUT2D eigenvalue weighted by Crippen LogP contribution is 2.39. The lowest BCUT2D eigenvalue weighted by Crippen LogP contribution is -2.53. The summed E-state index contributed by atoms with van der Waals surface area (Å²) in [5.74, 6) is 0.959.